The lowest BCUT2D eigenvalue weighted by Gasteiger charge is -2.36. The molecule has 0 bridgehead atoms. The molecule has 0 unspecified atom stereocenters. The van der Waals surface area contributed by atoms with Crippen molar-refractivity contribution in [1.29, 1.82) is 0 Å². The Morgan fingerprint density at radius 1 is 1.11 bits per heavy atom. The van der Waals surface area contributed by atoms with E-state index in [9.17, 15) is 9.18 Å². The van der Waals surface area contributed by atoms with Gasteiger partial charge in [-0.05, 0) is 57.4 Å². The van der Waals surface area contributed by atoms with E-state index in [-0.39, 0.29) is 17.9 Å². The molecule has 1 saturated heterocycles. The van der Waals surface area contributed by atoms with Gasteiger partial charge in [-0.15, -0.1) is 0 Å². The summed E-state index contributed by atoms with van der Waals surface area (Å²) in [6.07, 6.45) is 7.93. The van der Waals surface area contributed by atoms with Gasteiger partial charge >= 0.3 is 6.03 Å². The Labute approximate surface area is 208 Å². The van der Waals surface area contributed by atoms with Crippen LogP contribution in [0.2, 0.25) is 0 Å². The summed E-state index contributed by atoms with van der Waals surface area (Å²) in [5, 5.41) is 8.21. The van der Waals surface area contributed by atoms with Crippen LogP contribution in [0.4, 0.5) is 15.0 Å². The van der Waals surface area contributed by atoms with E-state index in [0.717, 1.165) is 81.2 Å². The van der Waals surface area contributed by atoms with Crippen LogP contribution in [0.15, 0.2) is 24.3 Å². The third-order valence-electron chi connectivity index (χ3n) is 7.84. The Morgan fingerprint density at radius 3 is 2.51 bits per heavy atom. The van der Waals surface area contributed by atoms with Gasteiger partial charge in [0.2, 0.25) is 0 Å². The molecule has 0 spiro atoms. The van der Waals surface area contributed by atoms with Crippen LogP contribution in [0.25, 0.3) is 5.69 Å². The fraction of sp³-hybridized carbons (Fsp3) is 0.630. The van der Waals surface area contributed by atoms with Crippen LogP contribution in [0, 0.1) is 12.7 Å². The lowest BCUT2D eigenvalue weighted by Crippen LogP contribution is -2.48. The first-order valence-electron chi connectivity index (χ1n) is 13.4. The number of carbonyl (C=O) groups excluding carboxylic acids is 1. The first-order chi connectivity index (χ1) is 17.0. The monoisotopic (exact) mass is 482 g/mol. The van der Waals surface area contributed by atoms with Crippen LogP contribution in [-0.2, 0) is 6.54 Å². The molecule has 8 heteroatoms. The van der Waals surface area contributed by atoms with Crippen molar-refractivity contribution >= 4 is 11.8 Å². The Kier molecular flexibility index (Phi) is 7.27. The summed E-state index contributed by atoms with van der Waals surface area (Å²) in [5.74, 6) is 0.727. The Hall–Kier alpha value is -2.61. The molecule has 190 valence electrons. The van der Waals surface area contributed by atoms with Gasteiger partial charge in [0, 0.05) is 43.8 Å². The van der Waals surface area contributed by atoms with Gasteiger partial charge in [0.15, 0.2) is 0 Å². The average molecular weight is 483 g/mol. The number of nitrogens with zero attached hydrogens (tertiary/aromatic N) is 5. The number of carbonyl (C=O) groups is 1. The zero-order valence-corrected chi connectivity index (χ0v) is 21.2. The van der Waals surface area contributed by atoms with E-state index in [4.69, 9.17) is 5.10 Å². The van der Waals surface area contributed by atoms with E-state index >= 15 is 0 Å². The number of amides is 2. The van der Waals surface area contributed by atoms with E-state index in [0.29, 0.717) is 12.6 Å². The quantitative estimate of drug-likeness (QED) is 0.633. The molecule has 3 fully saturated rings. The molecule has 2 aromatic rings. The van der Waals surface area contributed by atoms with Gasteiger partial charge in [-0.1, -0.05) is 32.3 Å². The summed E-state index contributed by atoms with van der Waals surface area (Å²) in [4.78, 5) is 20.3. The molecule has 2 heterocycles. The fourth-order valence-corrected chi connectivity index (χ4v) is 5.55. The molecular formula is C27H39FN6O. The molecule has 0 radical (unpaired) electrons. The highest BCUT2D eigenvalue weighted by Crippen LogP contribution is 2.34. The average Bonchev–Trinajstić information content (AvgIpc) is 3.66. The minimum atomic E-state index is -0.273. The second-order valence-corrected chi connectivity index (χ2v) is 10.3. The Bertz CT molecular complexity index is 1020. The fourth-order valence-electron chi connectivity index (χ4n) is 5.55. The number of piperazine rings is 1. The second-order valence-electron chi connectivity index (χ2n) is 10.3. The number of likely N-dealkylation sites (N-methyl/N-ethyl adjacent to an activating group) is 1. The minimum absolute atomic E-state index is 0.0547. The topological polar surface area (TPSA) is 56.6 Å². The maximum Gasteiger partial charge on any atom is 0.318 e. The summed E-state index contributed by atoms with van der Waals surface area (Å²) in [6.45, 7) is 9.53. The van der Waals surface area contributed by atoms with E-state index in [1.165, 1.54) is 31.4 Å². The summed E-state index contributed by atoms with van der Waals surface area (Å²) in [6, 6.07) is 7.27. The van der Waals surface area contributed by atoms with Crippen molar-refractivity contribution in [2.75, 3.05) is 37.6 Å². The first-order valence-corrected chi connectivity index (χ1v) is 13.4. The Morgan fingerprint density at radius 2 is 1.86 bits per heavy atom. The molecule has 2 aliphatic carbocycles. The van der Waals surface area contributed by atoms with Crippen molar-refractivity contribution < 1.29 is 9.18 Å². The highest BCUT2D eigenvalue weighted by Gasteiger charge is 2.36. The van der Waals surface area contributed by atoms with Crippen LogP contribution in [0.1, 0.15) is 63.1 Å². The van der Waals surface area contributed by atoms with Crippen molar-refractivity contribution in [2.24, 2.45) is 0 Å². The van der Waals surface area contributed by atoms with Gasteiger partial charge in [-0.25, -0.2) is 13.9 Å². The van der Waals surface area contributed by atoms with Crippen molar-refractivity contribution in [3.05, 3.63) is 41.3 Å². The van der Waals surface area contributed by atoms with Gasteiger partial charge in [-0.3, -0.25) is 0 Å². The van der Waals surface area contributed by atoms with Gasteiger partial charge in [-0.2, -0.15) is 5.10 Å². The van der Waals surface area contributed by atoms with Gasteiger partial charge in [0.05, 0.1) is 17.9 Å². The second kappa shape index (κ2) is 10.6. The molecule has 2 saturated carbocycles. The van der Waals surface area contributed by atoms with Crippen LogP contribution >= 0.6 is 0 Å². The van der Waals surface area contributed by atoms with Gasteiger partial charge < -0.3 is 20.0 Å². The molecule has 35 heavy (non-hydrogen) atoms. The van der Waals surface area contributed by atoms with Crippen molar-refractivity contribution in [3.63, 3.8) is 0 Å². The molecule has 0 atom stereocenters. The number of anilines is 1. The number of urea groups is 1. The van der Waals surface area contributed by atoms with Gasteiger partial charge in [0.25, 0.3) is 0 Å². The lowest BCUT2D eigenvalue weighted by atomic mass is 9.96. The minimum Gasteiger partial charge on any atom is -0.354 e. The maximum atomic E-state index is 14.2. The third kappa shape index (κ3) is 5.47. The highest BCUT2D eigenvalue weighted by atomic mass is 19.1. The molecule has 3 aliphatic rings. The lowest BCUT2D eigenvalue weighted by molar-refractivity contribution is 0.184. The molecule has 1 N–H and O–H groups in total. The highest BCUT2D eigenvalue weighted by molar-refractivity contribution is 5.75. The molecule has 1 aromatic heterocycles. The third-order valence-corrected chi connectivity index (χ3v) is 7.84. The summed E-state index contributed by atoms with van der Waals surface area (Å²) in [7, 11) is 0. The molecular weight excluding hydrogens is 443 g/mol. The number of halogens is 1. The number of hydrogen-bond acceptors (Lipinski definition) is 4. The maximum absolute atomic E-state index is 14.2. The number of hydrogen-bond donors (Lipinski definition) is 1. The smallest absolute Gasteiger partial charge is 0.318 e. The molecule has 1 aliphatic heterocycles. The SMILES string of the molecule is CCN1CCN(c2c(CN(C(=O)NC3CCCCC3)C3CC3)c(C)nn2-c2cccc(F)c2)CC1. The summed E-state index contributed by atoms with van der Waals surface area (Å²) >= 11 is 0. The summed E-state index contributed by atoms with van der Waals surface area (Å²) < 4.78 is 16.0. The largest absolute Gasteiger partial charge is 0.354 e. The molecule has 1 aromatic carbocycles. The first kappa shape index (κ1) is 24.1. The predicted molar refractivity (Wildman–Crippen MR) is 137 cm³/mol. The predicted octanol–water partition coefficient (Wildman–Crippen LogP) is 4.47. The van der Waals surface area contributed by atoms with E-state index in [1.54, 1.807) is 6.07 Å². The zero-order valence-electron chi connectivity index (χ0n) is 21.2. The number of aromatic nitrogens is 2. The van der Waals surface area contributed by atoms with Crippen molar-refractivity contribution in [2.45, 2.75) is 77.4 Å². The zero-order chi connectivity index (χ0) is 24.4. The van der Waals surface area contributed by atoms with E-state index in [2.05, 4.69) is 22.0 Å². The number of rotatable bonds is 7. The van der Waals surface area contributed by atoms with Crippen LogP contribution in [0.3, 0.4) is 0 Å². The van der Waals surface area contributed by atoms with Crippen molar-refractivity contribution in [1.82, 2.24) is 24.9 Å². The number of benzene rings is 1. The van der Waals surface area contributed by atoms with Gasteiger partial charge in [0.1, 0.15) is 11.6 Å². The van der Waals surface area contributed by atoms with Crippen molar-refractivity contribution in [3.8, 4) is 5.69 Å². The number of nitrogens with one attached hydrogen (secondary N) is 1. The number of aryl methyl sites for hydroxylation is 1. The normalized spacial score (nSPS) is 19.7. The van der Waals surface area contributed by atoms with Crippen LogP contribution in [-0.4, -0.2) is 70.4 Å². The summed E-state index contributed by atoms with van der Waals surface area (Å²) in [5.41, 5.74) is 2.69. The van der Waals surface area contributed by atoms with Crippen LogP contribution in [0.5, 0.6) is 0 Å². The molecule has 7 nitrogen and oxygen atoms in total. The Balaban J connectivity index is 1.45. The standard InChI is InChI=1S/C27H39FN6O/c1-3-31-14-16-32(17-15-31)26-25(20(2)30-34(26)24-11-7-8-21(28)18-24)19-33(23-12-13-23)27(35)29-22-9-5-4-6-10-22/h7-8,11,18,22-23H,3-6,9-10,12-17,19H2,1-2H3,(H,29,35). The molecule has 5 rings (SSSR count). The van der Waals surface area contributed by atoms with Crippen LogP contribution < -0.4 is 10.2 Å². The van der Waals surface area contributed by atoms with E-state index < -0.39 is 0 Å². The molecule has 2 amide bonds. The van der Waals surface area contributed by atoms with E-state index in [1.807, 2.05) is 22.6 Å².